The largest absolute Gasteiger partial charge is 1.00 e. The first kappa shape index (κ1) is 19.9. The van der Waals surface area contributed by atoms with Crippen LogP contribution in [0.5, 0.6) is 0 Å². The van der Waals surface area contributed by atoms with Gasteiger partial charge in [-0.25, -0.2) is 9.36 Å². The number of carboxylic acids is 1. The van der Waals surface area contributed by atoms with Crippen LogP contribution in [0.2, 0.25) is 0 Å². The third-order valence-corrected chi connectivity index (χ3v) is 5.74. The third kappa shape index (κ3) is 2.94. The summed E-state index contributed by atoms with van der Waals surface area (Å²) in [7, 11) is 1.97. The monoisotopic (exact) mass is 397 g/mol. The molecule has 2 aromatic carbocycles. The van der Waals surface area contributed by atoms with Gasteiger partial charge in [0, 0.05) is 23.9 Å². The van der Waals surface area contributed by atoms with Crippen LogP contribution in [-0.4, -0.2) is 20.2 Å². The van der Waals surface area contributed by atoms with Crippen molar-refractivity contribution in [1.82, 2.24) is 9.13 Å². The van der Waals surface area contributed by atoms with Gasteiger partial charge in [0.1, 0.15) is 16.6 Å². The molecule has 0 radical (unpaired) electrons. The van der Waals surface area contributed by atoms with Crippen molar-refractivity contribution in [1.29, 1.82) is 0 Å². The van der Waals surface area contributed by atoms with E-state index >= 15 is 0 Å². The van der Waals surface area contributed by atoms with Crippen molar-refractivity contribution in [3.8, 4) is 11.5 Å². The van der Waals surface area contributed by atoms with Gasteiger partial charge in [0.05, 0.1) is 20.0 Å². The van der Waals surface area contributed by atoms with Crippen LogP contribution in [0.3, 0.4) is 0 Å². The van der Waals surface area contributed by atoms with Crippen LogP contribution < -0.4 is 39.7 Å². The van der Waals surface area contributed by atoms with E-state index in [2.05, 4.69) is 15.2 Å². The van der Waals surface area contributed by atoms with Crippen LogP contribution in [-0.2, 0) is 31.4 Å². The van der Waals surface area contributed by atoms with Gasteiger partial charge in [-0.3, -0.25) is 4.79 Å². The van der Waals surface area contributed by atoms with Crippen LogP contribution in [0.15, 0.2) is 53.3 Å². The van der Waals surface area contributed by atoms with E-state index in [0.29, 0.717) is 18.5 Å². The van der Waals surface area contributed by atoms with Crippen molar-refractivity contribution in [2.24, 2.45) is 7.05 Å². The normalized spacial score (nSPS) is 12.4. The number of rotatable bonds is 3. The fourth-order valence-corrected chi connectivity index (χ4v) is 4.53. The molecule has 5 rings (SSSR count). The van der Waals surface area contributed by atoms with Gasteiger partial charge >= 0.3 is 46.9 Å². The zero-order valence-electron chi connectivity index (χ0n) is 16.6. The minimum absolute atomic E-state index is 0. The van der Waals surface area contributed by atoms with E-state index < -0.39 is 5.97 Å². The number of aliphatic carboxylic acids is 1. The predicted molar refractivity (Wildman–Crippen MR) is 106 cm³/mol. The summed E-state index contributed by atoms with van der Waals surface area (Å²) in [5, 5.41) is 11.1. The number of benzene rings is 2. The van der Waals surface area contributed by atoms with Gasteiger partial charge in [-0.15, -0.1) is 0 Å². The molecule has 0 saturated heterocycles. The van der Waals surface area contributed by atoms with E-state index in [1.807, 2.05) is 54.1 Å². The summed E-state index contributed by atoms with van der Waals surface area (Å²) in [6.45, 7) is 0.985. The molecular weight excluding hydrogens is 377 g/mol. The van der Waals surface area contributed by atoms with Gasteiger partial charge in [0.2, 0.25) is 0 Å². The topological polar surface area (TPSA) is 68.1 Å². The first-order valence-electron chi connectivity index (χ1n) is 9.41. The molecule has 0 fully saturated rings. The molecule has 1 aliphatic heterocycles. The molecule has 0 spiro atoms. The SMILES string of the molecule is C[n+]1c2n(c(=O)c3ccccc31)CCc1c-2n(CCC(=O)O)c2ccccc12.[Na+]. The summed E-state index contributed by atoms with van der Waals surface area (Å²) >= 11 is 0. The van der Waals surface area contributed by atoms with E-state index in [0.717, 1.165) is 34.4 Å². The average molecular weight is 397 g/mol. The Balaban J connectivity index is 0.00000205. The van der Waals surface area contributed by atoms with Gasteiger partial charge < -0.3 is 9.67 Å². The molecule has 0 aliphatic carbocycles. The molecule has 140 valence electrons. The Kier molecular flexibility index (Phi) is 5.11. The number of carbonyl (C=O) groups is 1. The van der Waals surface area contributed by atoms with E-state index in [1.54, 1.807) is 0 Å². The fraction of sp³-hybridized carbons (Fsp3) is 0.227. The van der Waals surface area contributed by atoms with Crippen molar-refractivity contribution in [3.63, 3.8) is 0 Å². The molecule has 7 heteroatoms. The number of aryl methyl sites for hydroxylation is 3. The number of nitrogens with zero attached hydrogens (tertiary/aromatic N) is 3. The van der Waals surface area contributed by atoms with Gasteiger partial charge in [-0.05, 0) is 23.8 Å². The smallest absolute Gasteiger partial charge is 0.481 e. The maximum atomic E-state index is 13.2. The molecule has 0 saturated carbocycles. The van der Waals surface area contributed by atoms with E-state index in [9.17, 15) is 14.7 Å². The Labute approximate surface area is 189 Å². The van der Waals surface area contributed by atoms with Gasteiger partial charge in [-0.1, -0.05) is 30.3 Å². The second-order valence-electron chi connectivity index (χ2n) is 7.25. The Morgan fingerprint density at radius 1 is 1.10 bits per heavy atom. The van der Waals surface area contributed by atoms with Gasteiger partial charge in [0.25, 0.3) is 0 Å². The van der Waals surface area contributed by atoms with Crippen molar-refractivity contribution >= 4 is 27.8 Å². The molecule has 4 aromatic rings. The number of para-hydroxylation sites is 2. The molecule has 0 atom stereocenters. The maximum absolute atomic E-state index is 13.2. The van der Waals surface area contributed by atoms with Crippen LogP contribution >= 0.6 is 0 Å². The molecule has 0 unspecified atom stereocenters. The molecule has 0 bridgehead atoms. The first-order chi connectivity index (χ1) is 13.6. The predicted octanol–water partition coefficient (Wildman–Crippen LogP) is -0.517. The molecular formula is C22H20N3NaO3+2. The minimum Gasteiger partial charge on any atom is -0.481 e. The van der Waals surface area contributed by atoms with E-state index in [-0.39, 0.29) is 41.5 Å². The average Bonchev–Trinajstić information content (AvgIpc) is 3.04. The van der Waals surface area contributed by atoms with Gasteiger partial charge in [0.15, 0.2) is 0 Å². The van der Waals surface area contributed by atoms with E-state index in [4.69, 9.17) is 0 Å². The third-order valence-electron chi connectivity index (χ3n) is 5.74. The molecule has 29 heavy (non-hydrogen) atoms. The summed E-state index contributed by atoms with van der Waals surface area (Å²) in [4.78, 5) is 24.4. The number of aromatic nitrogens is 3. The summed E-state index contributed by atoms with van der Waals surface area (Å²) in [5.41, 5.74) is 4.04. The second kappa shape index (κ2) is 7.44. The van der Waals surface area contributed by atoms with Crippen molar-refractivity contribution in [3.05, 3.63) is 64.4 Å². The Morgan fingerprint density at radius 2 is 1.79 bits per heavy atom. The quantitative estimate of drug-likeness (QED) is 0.374. The van der Waals surface area contributed by atoms with Crippen LogP contribution in [0.1, 0.15) is 12.0 Å². The summed E-state index contributed by atoms with van der Waals surface area (Å²) in [6.07, 6.45) is 0.786. The Morgan fingerprint density at radius 3 is 2.55 bits per heavy atom. The molecule has 1 aliphatic rings. The van der Waals surface area contributed by atoms with Crippen molar-refractivity contribution in [2.75, 3.05) is 0 Å². The fourth-order valence-electron chi connectivity index (χ4n) is 4.53. The zero-order chi connectivity index (χ0) is 19.4. The van der Waals surface area contributed by atoms with E-state index in [1.165, 1.54) is 5.56 Å². The van der Waals surface area contributed by atoms with Gasteiger partial charge in [-0.2, -0.15) is 4.57 Å². The number of carboxylic acid groups (broad SMARTS) is 1. The van der Waals surface area contributed by atoms with Crippen molar-refractivity contribution in [2.45, 2.75) is 25.9 Å². The number of hydrogen-bond donors (Lipinski definition) is 1. The van der Waals surface area contributed by atoms with Crippen LogP contribution in [0.25, 0.3) is 33.3 Å². The molecule has 6 nitrogen and oxygen atoms in total. The molecule has 1 N–H and O–H groups in total. The maximum Gasteiger partial charge on any atom is 1.00 e. The zero-order valence-corrected chi connectivity index (χ0v) is 18.6. The molecule has 3 heterocycles. The first-order valence-corrected chi connectivity index (χ1v) is 9.41. The van der Waals surface area contributed by atoms with Crippen LogP contribution in [0, 0.1) is 0 Å². The number of fused-ring (bicyclic) bond motifs is 6. The Hall–Kier alpha value is -2.41. The summed E-state index contributed by atoms with van der Waals surface area (Å²) < 4.78 is 5.96. The summed E-state index contributed by atoms with van der Waals surface area (Å²) in [5.74, 6) is 0.00848. The van der Waals surface area contributed by atoms with Crippen molar-refractivity contribution < 1.29 is 44.0 Å². The molecule has 2 aromatic heterocycles. The summed E-state index contributed by atoms with van der Waals surface area (Å²) in [6, 6.07) is 15.7. The van der Waals surface area contributed by atoms with Crippen LogP contribution in [0.4, 0.5) is 0 Å². The second-order valence-corrected chi connectivity index (χ2v) is 7.25. The molecule has 0 amide bonds. The number of hydrogen-bond acceptors (Lipinski definition) is 2. The minimum atomic E-state index is -0.831. The standard InChI is InChI=1S/C22H19N3O3.Na/c1-23-17-8-4-3-7-16(17)22(28)25-12-10-15-14-6-2-5-9-18(14)24(13-11-19(26)27)20(15)21(23)25;/h2-9H,10-13H2,1H3;/q;+1/p+1. The Bertz CT molecular complexity index is 1340.